The van der Waals surface area contributed by atoms with E-state index in [-0.39, 0.29) is 6.04 Å². The van der Waals surface area contributed by atoms with Gasteiger partial charge in [-0.2, -0.15) is 20.2 Å². The normalized spacial score (nSPS) is 17.7. The number of hydrogen-bond acceptors (Lipinski definition) is 9. The molecule has 4 rings (SSSR count). The van der Waals surface area contributed by atoms with Crippen LogP contribution >= 0.6 is 0 Å². The van der Waals surface area contributed by atoms with E-state index in [4.69, 9.17) is 5.26 Å². The quantitative estimate of drug-likeness (QED) is 0.248. The van der Waals surface area contributed by atoms with Crippen LogP contribution in [0.4, 0.5) is 17.8 Å². The predicted octanol–water partition coefficient (Wildman–Crippen LogP) is 4.37. The Hall–Kier alpha value is -3.49. The lowest BCUT2D eigenvalue weighted by molar-refractivity contribution is 0.284. The molecule has 0 radical (unpaired) electrons. The standard InChI is InChI=1S/C27H36N8O2S/c1-19(2)32-27-34-25(29-16-6-15-28)33-26(35-27)30-17-20-11-13-21(14-12-20)18-31-38(36,37)24-10-5-8-22-7-3-4-9-23(22)24/h3-5,7-10,19-21,31H,6,11-14,16-18H2,1-2H3,(H3,29,30,32,33,34,35). The molecule has 202 valence electrons. The number of sulfonamides is 1. The lowest BCUT2D eigenvalue weighted by Crippen LogP contribution is -2.32. The molecule has 0 bridgehead atoms. The summed E-state index contributed by atoms with van der Waals surface area (Å²) in [5.74, 6) is 2.18. The highest BCUT2D eigenvalue weighted by Gasteiger charge is 2.24. The molecule has 4 N–H and O–H groups in total. The summed E-state index contributed by atoms with van der Waals surface area (Å²) in [4.78, 5) is 13.6. The number of nitrogens with zero attached hydrogens (tertiary/aromatic N) is 4. The van der Waals surface area contributed by atoms with Gasteiger partial charge in [-0.05, 0) is 62.8 Å². The molecule has 1 heterocycles. The van der Waals surface area contributed by atoms with Crippen molar-refractivity contribution >= 4 is 38.6 Å². The van der Waals surface area contributed by atoms with Crippen LogP contribution in [0.3, 0.4) is 0 Å². The van der Waals surface area contributed by atoms with E-state index in [1.54, 1.807) is 12.1 Å². The van der Waals surface area contributed by atoms with Crippen molar-refractivity contribution in [2.45, 2.75) is 56.9 Å². The van der Waals surface area contributed by atoms with E-state index in [0.29, 0.717) is 54.1 Å². The first-order valence-electron chi connectivity index (χ1n) is 13.2. The Bertz CT molecular complexity index is 1360. The molecular formula is C27H36N8O2S. The molecular weight excluding hydrogens is 500 g/mol. The lowest BCUT2D eigenvalue weighted by atomic mass is 9.82. The summed E-state index contributed by atoms with van der Waals surface area (Å²) in [6, 6.07) is 15.2. The van der Waals surface area contributed by atoms with Crippen molar-refractivity contribution < 1.29 is 8.42 Å². The molecule has 1 aliphatic carbocycles. The average Bonchev–Trinajstić information content (AvgIpc) is 2.91. The third kappa shape index (κ3) is 7.52. The van der Waals surface area contributed by atoms with Crippen molar-refractivity contribution in [2.75, 3.05) is 35.6 Å². The Labute approximate surface area is 224 Å². The minimum atomic E-state index is -3.59. The topological polar surface area (TPSA) is 145 Å². The Kier molecular flexibility index (Phi) is 9.31. The Morgan fingerprint density at radius 2 is 1.53 bits per heavy atom. The molecule has 0 spiro atoms. The number of benzene rings is 2. The summed E-state index contributed by atoms with van der Waals surface area (Å²) in [7, 11) is -3.59. The number of nitriles is 1. The van der Waals surface area contributed by atoms with Gasteiger partial charge in [0.25, 0.3) is 0 Å². The smallest absolute Gasteiger partial charge is 0.241 e. The number of nitrogens with one attached hydrogen (secondary N) is 4. The molecule has 11 heteroatoms. The van der Waals surface area contributed by atoms with Crippen LogP contribution in [0.2, 0.25) is 0 Å². The predicted molar refractivity (Wildman–Crippen MR) is 150 cm³/mol. The molecule has 10 nitrogen and oxygen atoms in total. The largest absolute Gasteiger partial charge is 0.354 e. The molecule has 1 saturated carbocycles. The van der Waals surface area contributed by atoms with E-state index in [2.05, 4.69) is 41.7 Å². The maximum Gasteiger partial charge on any atom is 0.241 e. The zero-order valence-corrected chi connectivity index (χ0v) is 22.8. The molecule has 1 aliphatic rings. The van der Waals surface area contributed by atoms with Gasteiger partial charge in [0.1, 0.15) is 0 Å². The fourth-order valence-corrected chi connectivity index (χ4v) is 6.04. The van der Waals surface area contributed by atoms with E-state index >= 15 is 0 Å². The minimum Gasteiger partial charge on any atom is -0.354 e. The van der Waals surface area contributed by atoms with Crippen molar-refractivity contribution in [2.24, 2.45) is 11.8 Å². The Morgan fingerprint density at radius 3 is 2.24 bits per heavy atom. The minimum absolute atomic E-state index is 0.172. The number of anilines is 3. The van der Waals surface area contributed by atoms with Gasteiger partial charge in [-0.3, -0.25) is 0 Å². The number of aromatic nitrogens is 3. The number of fused-ring (bicyclic) bond motifs is 1. The molecule has 0 saturated heterocycles. The Morgan fingerprint density at radius 1 is 0.895 bits per heavy atom. The molecule has 1 aromatic heterocycles. The second kappa shape index (κ2) is 12.8. The van der Waals surface area contributed by atoms with Crippen LogP contribution in [-0.2, 0) is 10.0 Å². The van der Waals surface area contributed by atoms with Crippen LogP contribution in [0, 0.1) is 23.2 Å². The first kappa shape index (κ1) is 27.5. The van der Waals surface area contributed by atoms with Crippen LogP contribution < -0.4 is 20.7 Å². The summed E-state index contributed by atoms with van der Waals surface area (Å²) in [5, 5.41) is 20.1. The van der Waals surface area contributed by atoms with Gasteiger partial charge in [0.05, 0.1) is 17.4 Å². The van der Waals surface area contributed by atoms with Crippen molar-refractivity contribution in [3.05, 3.63) is 42.5 Å². The maximum atomic E-state index is 13.1. The molecule has 2 aromatic carbocycles. The Balaban J connectivity index is 1.28. The van der Waals surface area contributed by atoms with Crippen LogP contribution in [0.1, 0.15) is 46.0 Å². The lowest BCUT2D eigenvalue weighted by Gasteiger charge is -2.28. The summed E-state index contributed by atoms with van der Waals surface area (Å²) >= 11 is 0. The van der Waals surface area contributed by atoms with Crippen molar-refractivity contribution in [1.29, 1.82) is 5.26 Å². The SMILES string of the molecule is CC(C)Nc1nc(NCCC#N)nc(NCC2CCC(CNS(=O)(=O)c3cccc4ccccc34)CC2)n1. The first-order valence-corrected chi connectivity index (χ1v) is 14.7. The second-order valence-electron chi connectivity index (χ2n) is 10.0. The van der Waals surface area contributed by atoms with Gasteiger partial charge in [0.2, 0.25) is 27.9 Å². The third-order valence-electron chi connectivity index (χ3n) is 6.69. The zero-order valence-electron chi connectivity index (χ0n) is 21.9. The highest BCUT2D eigenvalue weighted by atomic mass is 32.2. The van der Waals surface area contributed by atoms with Crippen molar-refractivity contribution in [1.82, 2.24) is 19.7 Å². The first-order chi connectivity index (χ1) is 18.3. The van der Waals surface area contributed by atoms with Gasteiger partial charge in [0.15, 0.2) is 0 Å². The maximum absolute atomic E-state index is 13.1. The van der Waals surface area contributed by atoms with Crippen molar-refractivity contribution in [3.63, 3.8) is 0 Å². The highest BCUT2D eigenvalue weighted by molar-refractivity contribution is 7.89. The van der Waals surface area contributed by atoms with Crippen LogP contribution in [0.5, 0.6) is 0 Å². The number of rotatable bonds is 12. The second-order valence-corrected chi connectivity index (χ2v) is 11.8. The molecule has 0 aliphatic heterocycles. The molecule has 1 fully saturated rings. The molecule has 0 unspecified atom stereocenters. The molecule has 3 aromatic rings. The fourth-order valence-electron chi connectivity index (χ4n) is 4.70. The third-order valence-corrected chi connectivity index (χ3v) is 8.17. The van der Waals surface area contributed by atoms with E-state index in [1.165, 1.54) is 0 Å². The summed E-state index contributed by atoms with van der Waals surface area (Å²) < 4.78 is 29.0. The monoisotopic (exact) mass is 536 g/mol. The van der Waals surface area contributed by atoms with Crippen molar-refractivity contribution in [3.8, 4) is 6.07 Å². The van der Waals surface area contributed by atoms with Gasteiger partial charge in [0, 0.05) is 31.1 Å². The van der Waals surface area contributed by atoms with E-state index in [9.17, 15) is 8.42 Å². The summed E-state index contributed by atoms with van der Waals surface area (Å²) in [5.41, 5.74) is 0. The van der Waals surface area contributed by atoms with Crippen LogP contribution in [0.25, 0.3) is 10.8 Å². The van der Waals surface area contributed by atoms with E-state index in [1.807, 2.05) is 44.2 Å². The van der Waals surface area contributed by atoms with Gasteiger partial charge in [-0.1, -0.05) is 36.4 Å². The molecule has 0 amide bonds. The van der Waals surface area contributed by atoms with Gasteiger partial charge >= 0.3 is 0 Å². The fraction of sp³-hybridized carbons (Fsp3) is 0.481. The molecule has 0 atom stereocenters. The van der Waals surface area contributed by atoms with Gasteiger partial charge < -0.3 is 16.0 Å². The van der Waals surface area contributed by atoms with Gasteiger partial charge in [-0.15, -0.1) is 0 Å². The number of hydrogen-bond donors (Lipinski definition) is 4. The average molecular weight is 537 g/mol. The summed E-state index contributed by atoms with van der Waals surface area (Å²) in [6.07, 6.45) is 4.29. The van der Waals surface area contributed by atoms with E-state index < -0.39 is 10.0 Å². The zero-order chi connectivity index (χ0) is 27.0. The molecule has 38 heavy (non-hydrogen) atoms. The van der Waals surface area contributed by atoms with Gasteiger partial charge in [-0.25, -0.2) is 13.1 Å². The summed E-state index contributed by atoms with van der Waals surface area (Å²) in [6.45, 7) is 5.67. The van der Waals surface area contributed by atoms with E-state index in [0.717, 1.165) is 43.0 Å². The highest BCUT2D eigenvalue weighted by Crippen LogP contribution is 2.29. The van der Waals surface area contributed by atoms with Crippen LogP contribution in [-0.4, -0.2) is 49.0 Å². The van der Waals surface area contributed by atoms with Crippen LogP contribution in [0.15, 0.2) is 47.4 Å².